The summed E-state index contributed by atoms with van der Waals surface area (Å²) in [7, 11) is 0. The van der Waals surface area contributed by atoms with Gasteiger partial charge in [-0.15, -0.1) is 0 Å². The molecule has 3 nitrogen and oxygen atoms in total. The maximum atomic E-state index is 12.9. The third-order valence-corrected chi connectivity index (χ3v) is 2.16. The number of nitrogens with zero attached hydrogens (tertiary/aromatic N) is 1. The Morgan fingerprint density at radius 3 is 2.65 bits per heavy atom. The number of hydrogen-bond acceptors (Lipinski definition) is 3. The molecule has 0 amide bonds. The van der Waals surface area contributed by atoms with E-state index in [0.29, 0.717) is 18.0 Å². The summed E-state index contributed by atoms with van der Waals surface area (Å²) in [5.41, 5.74) is 0.443. The zero-order chi connectivity index (χ0) is 12.3. The zero-order valence-electron chi connectivity index (χ0n) is 8.71. The quantitative estimate of drug-likeness (QED) is 0.887. The fourth-order valence-corrected chi connectivity index (χ4v) is 1.33. The van der Waals surface area contributed by atoms with Crippen molar-refractivity contribution < 1.29 is 13.2 Å². The second-order valence-electron chi connectivity index (χ2n) is 3.36. The summed E-state index contributed by atoms with van der Waals surface area (Å²) in [6.07, 6.45) is 0. The Morgan fingerprint density at radius 1 is 1.18 bits per heavy atom. The van der Waals surface area contributed by atoms with Crippen LogP contribution in [-0.2, 0) is 6.54 Å². The lowest BCUT2D eigenvalue weighted by Crippen LogP contribution is -1.99. The molecule has 1 aromatic carbocycles. The van der Waals surface area contributed by atoms with E-state index in [1.165, 1.54) is 6.07 Å². The van der Waals surface area contributed by atoms with E-state index in [1.807, 2.05) is 6.07 Å². The van der Waals surface area contributed by atoms with E-state index in [9.17, 15) is 8.78 Å². The molecule has 5 heteroatoms. The normalized spacial score (nSPS) is 9.94. The average Bonchev–Trinajstić information content (AvgIpc) is 2.79. The molecule has 0 radical (unpaired) electrons. The molecule has 0 atom stereocenters. The predicted octanol–water partition coefficient (Wildman–Crippen LogP) is 3.04. The maximum Gasteiger partial charge on any atom is 0.203 e. The lowest BCUT2D eigenvalue weighted by atomic mass is 10.3. The summed E-state index contributed by atoms with van der Waals surface area (Å²) in [5, 5.41) is 11.4. The molecule has 0 spiro atoms. The number of nitrogens with one attached hydrogen (secondary N) is 1. The minimum Gasteiger partial charge on any atom is -0.449 e. The van der Waals surface area contributed by atoms with Gasteiger partial charge in [-0.1, -0.05) is 0 Å². The third-order valence-electron chi connectivity index (χ3n) is 2.16. The van der Waals surface area contributed by atoms with Gasteiger partial charge >= 0.3 is 0 Å². The summed E-state index contributed by atoms with van der Waals surface area (Å²) in [4.78, 5) is 0. The first-order valence-electron chi connectivity index (χ1n) is 4.87. The zero-order valence-corrected chi connectivity index (χ0v) is 8.71. The van der Waals surface area contributed by atoms with E-state index < -0.39 is 11.6 Å². The molecule has 0 unspecified atom stereocenters. The van der Waals surface area contributed by atoms with Gasteiger partial charge in [-0.3, -0.25) is 0 Å². The third kappa shape index (κ3) is 2.61. The minimum atomic E-state index is -0.910. The Morgan fingerprint density at radius 2 is 2.00 bits per heavy atom. The average molecular weight is 234 g/mol. The van der Waals surface area contributed by atoms with Crippen molar-refractivity contribution >= 4 is 5.69 Å². The van der Waals surface area contributed by atoms with Crippen LogP contribution in [0.15, 0.2) is 34.7 Å². The first-order chi connectivity index (χ1) is 8.19. The molecule has 0 bridgehead atoms. The van der Waals surface area contributed by atoms with Crippen molar-refractivity contribution in [1.29, 1.82) is 5.26 Å². The summed E-state index contributed by atoms with van der Waals surface area (Å²) < 4.78 is 30.7. The van der Waals surface area contributed by atoms with Crippen molar-refractivity contribution in [2.24, 2.45) is 0 Å². The highest BCUT2D eigenvalue weighted by Crippen LogP contribution is 2.15. The van der Waals surface area contributed by atoms with Gasteiger partial charge in [-0.2, -0.15) is 5.26 Å². The molecule has 1 aromatic heterocycles. The molecule has 1 N–H and O–H groups in total. The molecule has 1 heterocycles. The van der Waals surface area contributed by atoms with E-state index in [4.69, 9.17) is 9.68 Å². The van der Waals surface area contributed by atoms with Gasteiger partial charge in [0.15, 0.2) is 11.6 Å². The fraction of sp³-hybridized carbons (Fsp3) is 0.0833. The first kappa shape index (κ1) is 11.1. The van der Waals surface area contributed by atoms with E-state index in [0.717, 1.165) is 12.1 Å². The molecule has 86 valence electrons. The Bertz CT molecular complexity index is 572. The second kappa shape index (κ2) is 4.66. The van der Waals surface area contributed by atoms with Crippen LogP contribution in [0.5, 0.6) is 0 Å². The van der Waals surface area contributed by atoms with Gasteiger partial charge in [0.25, 0.3) is 0 Å². The van der Waals surface area contributed by atoms with Crippen LogP contribution in [0.1, 0.15) is 11.5 Å². The summed E-state index contributed by atoms with van der Waals surface area (Å²) in [6, 6.07) is 8.57. The van der Waals surface area contributed by atoms with Crippen LogP contribution >= 0.6 is 0 Å². The fourth-order valence-electron chi connectivity index (χ4n) is 1.33. The molecule has 0 fully saturated rings. The number of halogens is 2. The van der Waals surface area contributed by atoms with Crippen molar-refractivity contribution in [3.63, 3.8) is 0 Å². The lowest BCUT2D eigenvalue weighted by Gasteiger charge is -2.04. The van der Waals surface area contributed by atoms with Gasteiger partial charge < -0.3 is 9.73 Å². The Balaban J connectivity index is 2.02. The standard InChI is InChI=1S/C12H8F2N2O/c13-11-4-1-8(5-12(11)14)16-7-10-3-2-9(6-15)17-10/h1-5,16H,7H2. The molecule has 0 aliphatic carbocycles. The van der Waals surface area contributed by atoms with Gasteiger partial charge in [-0.05, 0) is 24.3 Å². The number of benzene rings is 1. The van der Waals surface area contributed by atoms with Crippen LogP contribution in [0.25, 0.3) is 0 Å². The molecule has 17 heavy (non-hydrogen) atoms. The predicted molar refractivity (Wildman–Crippen MR) is 57.1 cm³/mol. The molecule has 2 aromatic rings. The van der Waals surface area contributed by atoms with Gasteiger partial charge in [0, 0.05) is 11.8 Å². The molecular weight excluding hydrogens is 226 g/mol. The lowest BCUT2D eigenvalue weighted by molar-refractivity contribution is 0.504. The van der Waals surface area contributed by atoms with Crippen molar-refractivity contribution in [2.75, 3.05) is 5.32 Å². The SMILES string of the molecule is N#Cc1ccc(CNc2ccc(F)c(F)c2)o1. The number of hydrogen-bond donors (Lipinski definition) is 1. The van der Waals surface area contributed by atoms with Crippen LogP contribution in [0.2, 0.25) is 0 Å². The number of anilines is 1. The largest absolute Gasteiger partial charge is 0.449 e. The van der Waals surface area contributed by atoms with Crippen LogP contribution in [0.4, 0.5) is 14.5 Å². The smallest absolute Gasteiger partial charge is 0.203 e. The van der Waals surface area contributed by atoms with Crippen LogP contribution in [-0.4, -0.2) is 0 Å². The highest BCUT2D eigenvalue weighted by atomic mass is 19.2. The topological polar surface area (TPSA) is 49.0 Å². The number of rotatable bonds is 3. The summed E-state index contributed by atoms with van der Waals surface area (Å²) in [6.45, 7) is 0.298. The van der Waals surface area contributed by atoms with Crippen LogP contribution < -0.4 is 5.32 Å². The van der Waals surface area contributed by atoms with Crippen molar-refractivity contribution in [2.45, 2.75) is 6.54 Å². The van der Waals surface area contributed by atoms with E-state index in [-0.39, 0.29) is 5.76 Å². The van der Waals surface area contributed by atoms with Crippen LogP contribution in [0, 0.1) is 23.0 Å². The molecule has 2 rings (SSSR count). The van der Waals surface area contributed by atoms with Crippen molar-refractivity contribution in [3.05, 3.63) is 53.5 Å². The van der Waals surface area contributed by atoms with Gasteiger partial charge in [0.1, 0.15) is 11.8 Å². The molecule has 0 saturated heterocycles. The molecule has 0 aliphatic rings. The van der Waals surface area contributed by atoms with E-state index in [1.54, 1.807) is 12.1 Å². The Hall–Kier alpha value is -2.35. The molecule has 0 aliphatic heterocycles. The monoisotopic (exact) mass is 234 g/mol. The summed E-state index contributed by atoms with van der Waals surface area (Å²) >= 11 is 0. The van der Waals surface area contributed by atoms with E-state index >= 15 is 0 Å². The number of furan rings is 1. The van der Waals surface area contributed by atoms with Crippen molar-refractivity contribution in [3.8, 4) is 6.07 Å². The highest BCUT2D eigenvalue weighted by molar-refractivity contribution is 5.43. The van der Waals surface area contributed by atoms with Gasteiger partial charge in [-0.25, -0.2) is 8.78 Å². The molecular formula is C12H8F2N2O. The highest BCUT2D eigenvalue weighted by Gasteiger charge is 2.04. The minimum absolute atomic E-state index is 0.215. The van der Waals surface area contributed by atoms with Crippen molar-refractivity contribution in [1.82, 2.24) is 0 Å². The molecule has 0 saturated carbocycles. The van der Waals surface area contributed by atoms with Gasteiger partial charge in [0.2, 0.25) is 5.76 Å². The van der Waals surface area contributed by atoms with E-state index in [2.05, 4.69) is 5.32 Å². The Labute approximate surface area is 96.3 Å². The maximum absolute atomic E-state index is 12.9. The summed E-state index contributed by atoms with van der Waals surface area (Å²) in [5.74, 6) is -1.04. The van der Waals surface area contributed by atoms with Gasteiger partial charge in [0.05, 0.1) is 6.54 Å². The van der Waals surface area contributed by atoms with Crippen LogP contribution in [0.3, 0.4) is 0 Å². The number of nitriles is 1. The Kier molecular flexibility index (Phi) is 3.06. The second-order valence-corrected chi connectivity index (χ2v) is 3.36. The first-order valence-corrected chi connectivity index (χ1v) is 4.87.